The minimum Gasteiger partial charge on any atom is -0.395 e. The predicted molar refractivity (Wildman–Crippen MR) is 84.6 cm³/mol. The molecule has 1 heterocycles. The lowest BCUT2D eigenvalue weighted by Crippen LogP contribution is -3.05. The van der Waals surface area contributed by atoms with Crippen molar-refractivity contribution in [3.63, 3.8) is 0 Å². The average molecular weight is 284 g/mol. The smallest absolute Gasteiger partial charge is 0.122 e. The Bertz CT molecular complexity index is 511. The zero-order valence-corrected chi connectivity index (χ0v) is 12.6. The van der Waals surface area contributed by atoms with Crippen LogP contribution in [-0.2, 0) is 4.84 Å². The molecule has 0 atom stereocenters. The fraction of sp³-hybridized carbons (Fsp3) is 0.294. The Morgan fingerprint density at radius 2 is 1.71 bits per heavy atom. The first-order valence-electron chi connectivity index (χ1n) is 7.22. The average Bonchev–Trinajstić information content (AvgIpc) is 2.52. The third kappa shape index (κ3) is 5.00. The molecule has 1 N–H and O–H groups in total. The highest BCUT2D eigenvalue weighted by Crippen LogP contribution is 2.10. The summed E-state index contributed by atoms with van der Waals surface area (Å²) in [5.41, 5.74) is 2.89. The molecule has 0 spiro atoms. The molecule has 0 amide bonds. The molecule has 0 aliphatic carbocycles. The zero-order chi connectivity index (χ0) is 14.9. The summed E-state index contributed by atoms with van der Waals surface area (Å²) in [6, 6.07) is 14.0. The Morgan fingerprint density at radius 1 is 1.05 bits per heavy atom. The van der Waals surface area contributed by atoms with Crippen LogP contribution in [0.1, 0.15) is 17.5 Å². The molecule has 2 aromatic rings. The highest BCUT2D eigenvalue weighted by molar-refractivity contribution is 6.12. The number of nitrogens with one attached hydrogen (secondary N) is 1. The molecule has 1 aromatic heterocycles. The summed E-state index contributed by atoms with van der Waals surface area (Å²) < 4.78 is 0. The van der Waals surface area contributed by atoms with E-state index < -0.39 is 0 Å². The number of benzene rings is 1. The van der Waals surface area contributed by atoms with E-state index in [2.05, 4.69) is 24.2 Å². The fourth-order valence-electron chi connectivity index (χ4n) is 1.98. The van der Waals surface area contributed by atoms with Gasteiger partial charge in [0.25, 0.3) is 0 Å². The fourth-order valence-corrected chi connectivity index (χ4v) is 1.98. The number of nitrogens with zero attached hydrogens (tertiary/aromatic N) is 2. The van der Waals surface area contributed by atoms with Gasteiger partial charge in [0, 0.05) is 29.9 Å². The molecule has 0 bridgehead atoms. The van der Waals surface area contributed by atoms with Crippen LogP contribution < -0.4 is 4.90 Å². The number of aromatic nitrogens is 1. The molecule has 0 aliphatic heterocycles. The molecule has 2 rings (SSSR count). The first kappa shape index (κ1) is 15.2. The molecule has 21 heavy (non-hydrogen) atoms. The second-order valence-electron chi connectivity index (χ2n) is 5.19. The number of pyridine rings is 1. The largest absolute Gasteiger partial charge is 0.395 e. The van der Waals surface area contributed by atoms with Crippen LogP contribution in [0.5, 0.6) is 0 Å². The minimum absolute atomic E-state index is 0.632. The lowest BCUT2D eigenvalue weighted by molar-refractivity contribution is -0.858. The number of rotatable bonds is 7. The van der Waals surface area contributed by atoms with Crippen molar-refractivity contribution in [1.29, 1.82) is 0 Å². The van der Waals surface area contributed by atoms with Crippen molar-refractivity contribution >= 4 is 5.71 Å². The SMILES string of the molecule is C[NH+](C)CCCO/N=C(/c1ccccc1)c1ccncc1. The molecule has 0 radical (unpaired) electrons. The van der Waals surface area contributed by atoms with Gasteiger partial charge >= 0.3 is 0 Å². The summed E-state index contributed by atoms with van der Waals surface area (Å²) in [7, 11) is 4.27. The van der Waals surface area contributed by atoms with E-state index in [-0.39, 0.29) is 0 Å². The maximum Gasteiger partial charge on any atom is 0.122 e. The van der Waals surface area contributed by atoms with Crippen LogP contribution in [0.25, 0.3) is 0 Å². The molecular weight excluding hydrogens is 262 g/mol. The van der Waals surface area contributed by atoms with Crippen molar-refractivity contribution in [2.75, 3.05) is 27.2 Å². The first-order chi connectivity index (χ1) is 10.3. The molecule has 4 heteroatoms. The standard InChI is InChI=1S/C17H21N3O/c1-20(2)13-6-14-21-19-17(15-7-4-3-5-8-15)16-9-11-18-12-10-16/h3-5,7-12H,6,13-14H2,1-2H3/p+1/b19-17-. The summed E-state index contributed by atoms with van der Waals surface area (Å²) in [4.78, 5) is 11.0. The summed E-state index contributed by atoms with van der Waals surface area (Å²) in [6.45, 7) is 1.71. The summed E-state index contributed by atoms with van der Waals surface area (Å²) in [5.74, 6) is 0. The van der Waals surface area contributed by atoms with Crippen LogP contribution in [0.15, 0.2) is 60.0 Å². The first-order valence-corrected chi connectivity index (χ1v) is 7.22. The molecule has 1 aromatic carbocycles. The molecular formula is C17H22N3O+. The minimum atomic E-state index is 0.632. The van der Waals surface area contributed by atoms with E-state index in [0.29, 0.717) is 6.61 Å². The molecule has 0 aliphatic rings. The van der Waals surface area contributed by atoms with Crippen molar-refractivity contribution in [2.45, 2.75) is 6.42 Å². The number of hydrogen-bond acceptors (Lipinski definition) is 3. The summed E-state index contributed by atoms with van der Waals surface area (Å²) in [5, 5.41) is 4.34. The second-order valence-corrected chi connectivity index (χ2v) is 5.19. The molecule has 0 saturated heterocycles. The zero-order valence-electron chi connectivity index (χ0n) is 12.6. The Labute approximate surface area is 126 Å². The molecule has 0 saturated carbocycles. The van der Waals surface area contributed by atoms with E-state index in [1.54, 1.807) is 12.4 Å². The van der Waals surface area contributed by atoms with Gasteiger partial charge in [0.2, 0.25) is 0 Å². The lowest BCUT2D eigenvalue weighted by atomic mass is 10.0. The van der Waals surface area contributed by atoms with Gasteiger partial charge in [-0.25, -0.2) is 0 Å². The molecule has 110 valence electrons. The Kier molecular flexibility index (Phi) is 5.91. The third-order valence-electron chi connectivity index (χ3n) is 3.07. The second kappa shape index (κ2) is 8.17. The topological polar surface area (TPSA) is 38.9 Å². The normalized spacial score (nSPS) is 11.7. The summed E-state index contributed by atoms with van der Waals surface area (Å²) in [6.07, 6.45) is 4.52. The lowest BCUT2D eigenvalue weighted by Gasteiger charge is -2.08. The Hall–Kier alpha value is -2.20. The monoisotopic (exact) mass is 284 g/mol. The maximum absolute atomic E-state index is 5.51. The van der Waals surface area contributed by atoms with Crippen molar-refractivity contribution < 1.29 is 9.74 Å². The van der Waals surface area contributed by atoms with Crippen molar-refractivity contribution in [1.82, 2.24) is 4.98 Å². The van der Waals surface area contributed by atoms with Gasteiger partial charge < -0.3 is 9.74 Å². The number of oxime groups is 1. The summed E-state index contributed by atoms with van der Waals surface area (Å²) >= 11 is 0. The van der Waals surface area contributed by atoms with Crippen molar-refractivity contribution in [3.05, 3.63) is 66.0 Å². The van der Waals surface area contributed by atoms with Gasteiger partial charge in [-0.15, -0.1) is 0 Å². The van der Waals surface area contributed by atoms with Crippen LogP contribution in [-0.4, -0.2) is 37.9 Å². The van der Waals surface area contributed by atoms with E-state index in [0.717, 1.165) is 29.8 Å². The molecule has 0 fully saturated rings. The van der Waals surface area contributed by atoms with Crippen molar-refractivity contribution in [3.8, 4) is 0 Å². The number of quaternary nitrogens is 1. The van der Waals surface area contributed by atoms with Gasteiger partial charge in [0.15, 0.2) is 0 Å². The third-order valence-corrected chi connectivity index (χ3v) is 3.07. The van der Waals surface area contributed by atoms with Gasteiger partial charge in [-0.2, -0.15) is 0 Å². The van der Waals surface area contributed by atoms with E-state index in [9.17, 15) is 0 Å². The number of hydrogen-bond donors (Lipinski definition) is 1. The van der Waals surface area contributed by atoms with E-state index >= 15 is 0 Å². The highest BCUT2D eigenvalue weighted by Gasteiger charge is 2.07. The van der Waals surface area contributed by atoms with Gasteiger partial charge in [-0.05, 0) is 12.1 Å². The van der Waals surface area contributed by atoms with Crippen LogP contribution >= 0.6 is 0 Å². The van der Waals surface area contributed by atoms with Gasteiger partial charge in [0.05, 0.1) is 20.6 Å². The Morgan fingerprint density at radius 3 is 2.38 bits per heavy atom. The van der Waals surface area contributed by atoms with Crippen LogP contribution in [0.2, 0.25) is 0 Å². The van der Waals surface area contributed by atoms with Crippen LogP contribution in [0.3, 0.4) is 0 Å². The van der Waals surface area contributed by atoms with Gasteiger partial charge in [0.1, 0.15) is 12.3 Å². The van der Waals surface area contributed by atoms with Crippen molar-refractivity contribution in [2.24, 2.45) is 5.16 Å². The van der Waals surface area contributed by atoms with Gasteiger partial charge in [-0.3, -0.25) is 4.98 Å². The molecule has 4 nitrogen and oxygen atoms in total. The predicted octanol–water partition coefficient (Wildman–Crippen LogP) is 1.39. The van der Waals surface area contributed by atoms with Crippen LogP contribution in [0.4, 0.5) is 0 Å². The highest BCUT2D eigenvalue weighted by atomic mass is 16.6. The quantitative estimate of drug-likeness (QED) is 0.474. The van der Waals surface area contributed by atoms with Crippen LogP contribution in [0, 0.1) is 0 Å². The van der Waals surface area contributed by atoms with Gasteiger partial charge in [-0.1, -0.05) is 35.5 Å². The van der Waals surface area contributed by atoms with E-state index in [4.69, 9.17) is 4.84 Å². The molecule has 0 unspecified atom stereocenters. The Balaban J connectivity index is 2.10. The maximum atomic E-state index is 5.51. The van der Waals surface area contributed by atoms with E-state index in [1.807, 2.05) is 42.5 Å². The van der Waals surface area contributed by atoms with E-state index in [1.165, 1.54) is 4.90 Å².